The van der Waals surface area contributed by atoms with Crippen LogP contribution in [-0.2, 0) is 6.42 Å². The van der Waals surface area contributed by atoms with Gasteiger partial charge in [-0.25, -0.2) is 4.39 Å². The molecule has 0 unspecified atom stereocenters. The molecule has 2 rings (SSSR count). The molecule has 0 atom stereocenters. The molecule has 1 N–H and O–H groups in total. The molecule has 0 bridgehead atoms. The Morgan fingerprint density at radius 2 is 2.05 bits per heavy atom. The summed E-state index contributed by atoms with van der Waals surface area (Å²) in [4.78, 5) is 14.5. The van der Waals surface area contributed by atoms with Gasteiger partial charge in [-0.15, -0.1) is 11.3 Å². The third-order valence-corrected chi connectivity index (χ3v) is 4.29. The predicted octanol–water partition coefficient (Wildman–Crippen LogP) is 3.40. The summed E-state index contributed by atoms with van der Waals surface area (Å²) in [6.45, 7) is 2.22. The maximum absolute atomic E-state index is 12.8. The fourth-order valence-corrected chi connectivity index (χ4v) is 2.88. The second-order valence-corrected chi connectivity index (χ2v) is 5.90. The molecule has 22 heavy (non-hydrogen) atoms. The molecular formula is C16H17FN2O2S. The Bertz CT molecular complexity index is 680. The Morgan fingerprint density at radius 1 is 1.36 bits per heavy atom. The molecule has 0 spiro atoms. The van der Waals surface area contributed by atoms with E-state index in [1.807, 2.05) is 0 Å². The second kappa shape index (κ2) is 7.17. The molecule has 0 aliphatic rings. The molecular weight excluding hydrogens is 303 g/mol. The third-order valence-electron chi connectivity index (χ3n) is 3.37. The Kier molecular flexibility index (Phi) is 5.27. The molecule has 6 heteroatoms. The van der Waals surface area contributed by atoms with Gasteiger partial charge < -0.3 is 10.1 Å². The monoisotopic (exact) mass is 320 g/mol. The minimum Gasteiger partial charge on any atom is -0.411 e. The van der Waals surface area contributed by atoms with Crippen LogP contribution in [0.1, 0.15) is 27.7 Å². The predicted molar refractivity (Wildman–Crippen MR) is 85.4 cm³/mol. The molecule has 0 saturated heterocycles. The molecule has 0 radical (unpaired) electrons. The lowest BCUT2D eigenvalue weighted by Crippen LogP contribution is -2.28. The van der Waals surface area contributed by atoms with Gasteiger partial charge in [0.1, 0.15) is 5.82 Å². The Hall–Kier alpha value is -2.21. The second-order valence-electron chi connectivity index (χ2n) is 4.99. The van der Waals surface area contributed by atoms with Gasteiger partial charge in [0, 0.05) is 24.5 Å². The average molecular weight is 320 g/mol. The highest BCUT2D eigenvalue weighted by molar-refractivity contribution is 7.12. The topological polar surface area (TPSA) is 52.9 Å². The summed E-state index contributed by atoms with van der Waals surface area (Å²) in [5.41, 5.74) is 2.20. The van der Waals surface area contributed by atoms with Crippen LogP contribution in [0, 0.1) is 5.82 Å². The van der Waals surface area contributed by atoms with E-state index < -0.39 is 0 Å². The van der Waals surface area contributed by atoms with Crippen LogP contribution in [0.15, 0.2) is 40.9 Å². The van der Waals surface area contributed by atoms with Crippen molar-refractivity contribution in [3.05, 3.63) is 57.5 Å². The number of halogens is 1. The highest BCUT2D eigenvalue weighted by atomic mass is 32.1. The van der Waals surface area contributed by atoms with Gasteiger partial charge in [-0.1, -0.05) is 17.3 Å². The SMILES string of the molecule is C/C(=N\O)c1csc(C(=O)N(C)CCc2ccc(F)cc2)c1. The summed E-state index contributed by atoms with van der Waals surface area (Å²) in [5.74, 6) is -0.343. The van der Waals surface area contributed by atoms with E-state index in [2.05, 4.69) is 5.16 Å². The Morgan fingerprint density at radius 3 is 2.68 bits per heavy atom. The number of oxime groups is 1. The van der Waals surface area contributed by atoms with E-state index in [0.29, 0.717) is 23.6 Å². The lowest BCUT2D eigenvalue weighted by Gasteiger charge is -2.16. The van der Waals surface area contributed by atoms with Gasteiger partial charge in [0.25, 0.3) is 5.91 Å². The Balaban J connectivity index is 1.97. The zero-order chi connectivity index (χ0) is 16.1. The molecule has 0 aliphatic heterocycles. The first kappa shape index (κ1) is 16.2. The average Bonchev–Trinajstić information content (AvgIpc) is 3.02. The van der Waals surface area contributed by atoms with Crippen molar-refractivity contribution >= 4 is 23.0 Å². The molecule has 1 aromatic heterocycles. The van der Waals surface area contributed by atoms with Crippen molar-refractivity contribution in [3.63, 3.8) is 0 Å². The van der Waals surface area contributed by atoms with E-state index in [0.717, 1.165) is 11.1 Å². The van der Waals surface area contributed by atoms with Gasteiger partial charge in [-0.2, -0.15) is 0 Å². The number of amides is 1. The van der Waals surface area contributed by atoms with Crippen LogP contribution in [-0.4, -0.2) is 35.3 Å². The maximum atomic E-state index is 12.8. The van der Waals surface area contributed by atoms with Crippen LogP contribution in [0.2, 0.25) is 0 Å². The number of nitrogens with zero attached hydrogens (tertiary/aromatic N) is 2. The number of rotatable bonds is 5. The molecule has 0 saturated carbocycles. The summed E-state index contributed by atoms with van der Waals surface area (Å²) < 4.78 is 12.8. The largest absolute Gasteiger partial charge is 0.411 e. The summed E-state index contributed by atoms with van der Waals surface area (Å²) in [5, 5.41) is 13.7. The normalized spacial score (nSPS) is 11.5. The van der Waals surface area contributed by atoms with Crippen molar-refractivity contribution in [2.75, 3.05) is 13.6 Å². The van der Waals surface area contributed by atoms with Gasteiger partial charge >= 0.3 is 0 Å². The van der Waals surface area contributed by atoms with Gasteiger partial charge in [0.05, 0.1) is 10.6 Å². The van der Waals surface area contributed by atoms with Crippen LogP contribution in [0.3, 0.4) is 0 Å². The minimum absolute atomic E-state index is 0.0795. The van der Waals surface area contributed by atoms with Crippen LogP contribution in [0.25, 0.3) is 0 Å². The summed E-state index contributed by atoms with van der Waals surface area (Å²) in [6.07, 6.45) is 0.665. The Labute approximate surface area is 132 Å². The van der Waals surface area contributed by atoms with E-state index >= 15 is 0 Å². The van der Waals surface area contributed by atoms with Crippen molar-refractivity contribution in [3.8, 4) is 0 Å². The number of thiophene rings is 1. The van der Waals surface area contributed by atoms with Crippen LogP contribution < -0.4 is 0 Å². The summed E-state index contributed by atoms with van der Waals surface area (Å²) in [7, 11) is 1.73. The van der Waals surface area contributed by atoms with Crippen molar-refractivity contribution in [1.29, 1.82) is 0 Å². The number of carbonyl (C=O) groups is 1. The van der Waals surface area contributed by atoms with E-state index in [9.17, 15) is 9.18 Å². The number of hydrogen-bond acceptors (Lipinski definition) is 4. The lowest BCUT2D eigenvalue weighted by molar-refractivity contribution is 0.0801. The van der Waals surface area contributed by atoms with E-state index in [-0.39, 0.29) is 11.7 Å². The van der Waals surface area contributed by atoms with Gasteiger partial charge in [-0.3, -0.25) is 4.79 Å². The first-order valence-electron chi connectivity index (χ1n) is 6.78. The fraction of sp³-hybridized carbons (Fsp3) is 0.250. The standard InChI is InChI=1S/C16H17FN2O2S/c1-11(18-21)13-9-15(22-10-13)16(20)19(2)8-7-12-3-5-14(17)6-4-12/h3-6,9-10,21H,7-8H2,1-2H3/b18-11+. The van der Waals surface area contributed by atoms with E-state index in [1.54, 1.807) is 42.5 Å². The van der Waals surface area contributed by atoms with Gasteiger partial charge in [0.15, 0.2) is 0 Å². The minimum atomic E-state index is -0.264. The fourth-order valence-electron chi connectivity index (χ4n) is 1.93. The van der Waals surface area contributed by atoms with Crippen molar-refractivity contribution in [2.24, 2.45) is 5.16 Å². The number of carbonyl (C=O) groups excluding carboxylic acids is 1. The summed E-state index contributed by atoms with van der Waals surface area (Å²) in [6, 6.07) is 7.99. The molecule has 0 aliphatic carbocycles. The van der Waals surface area contributed by atoms with E-state index in [1.165, 1.54) is 23.5 Å². The number of hydrogen-bond donors (Lipinski definition) is 1. The zero-order valence-corrected chi connectivity index (χ0v) is 13.2. The van der Waals surface area contributed by atoms with Gasteiger partial charge in [0.2, 0.25) is 0 Å². The molecule has 0 fully saturated rings. The van der Waals surface area contributed by atoms with Crippen LogP contribution >= 0.6 is 11.3 Å². The quantitative estimate of drug-likeness (QED) is 0.521. The van der Waals surface area contributed by atoms with Crippen molar-refractivity contribution in [2.45, 2.75) is 13.3 Å². The third kappa shape index (κ3) is 3.92. The molecule has 1 amide bonds. The first-order valence-corrected chi connectivity index (χ1v) is 7.66. The van der Waals surface area contributed by atoms with Crippen LogP contribution in [0.4, 0.5) is 4.39 Å². The first-order chi connectivity index (χ1) is 10.5. The molecule has 4 nitrogen and oxygen atoms in total. The highest BCUT2D eigenvalue weighted by Gasteiger charge is 2.15. The maximum Gasteiger partial charge on any atom is 0.263 e. The summed E-state index contributed by atoms with van der Waals surface area (Å²) >= 11 is 1.32. The molecule has 1 heterocycles. The van der Waals surface area contributed by atoms with E-state index in [4.69, 9.17) is 5.21 Å². The highest BCUT2D eigenvalue weighted by Crippen LogP contribution is 2.17. The number of benzene rings is 1. The molecule has 116 valence electrons. The molecule has 2 aromatic rings. The lowest BCUT2D eigenvalue weighted by atomic mass is 10.1. The number of likely N-dealkylation sites (N-methyl/N-ethyl adjacent to an activating group) is 1. The van der Waals surface area contributed by atoms with Crippen molar-refractivity contribution in [1.82, 2.24) is 4.90 Å². The smallest absolute Gasteiger partial charge is 0.263 e. The van der Waals surface area contributed by atoms with Crippen LogP contribution in [0.5, 0.6) is 0 Å². The van der Waals surface area contributed by atoms with Crippen molar-refractivity contribution < 1.29 is 14.4 Å². The zero-order valence-electron chi connectivity index (χ0n) is 12.4. The van der Waals surface area contributed by atoms with Gasteiger partial charge in [-0.05, 0) is 37.1 Å². The molecule has 1 aromatic carbocycles.